The largest absolute Gasteiger partial charge is 0.435 e. The lowest BCUT2D eigenvalue weighted by Crippen LogP contribution is -2.08. The first-order chi connectivity index (χ1) is 12.9. The number of alkyl halides is 4. The van der Waals surface area contributed by atoms with Gasteiger partial charge in [0.25, 0.3) is 0 Å². The Morgan fingerprint density at radius 1 is 1.07 bits per heavy atom. The monoisotopic (exact) mass is 380 g/mol. The summed E-state index contributed by atoms with van der Waals surface area (Å²) >= 11 is 0. The number of halogens is 4. The van der Waals surface area contributed by atoms with Gasteiger partial charge in [0, 0.05) is 23.4 Å². The molecule has 0 saturated carbocycles. The van der Waals surface area contributed by atoms with E-state index < -0.39 is 24.9 Å². The highest BCUT2D eigenvalue weighted by Gasteiger charge is 2.12. The van der Waals surface area contributed by atoms with E-state index in [9.17, 15) is 22.4 Å². The predicted molar refractivity (Wildman–Crippen MR) is 88.5 cm³/mol. The minimum atomic E-state index is -3.19. The highest BCUT2D eigenvalue weighted by Crippen LogP contribution is 2.28. The number of rotatable bonds is 7. The number of hydrogen-bond acceptors (Lipinski definition) is 4. The number of ether oxygens (including phenoxy) is 2. The lowest BCUT2D eigenvalue weighted by molar-refractivity contribution is -0.111. The van der Waals surface area contributed by atoms with Crippen molar-refractivity contribution in [1.29, 1.82) is 5.26 Å². The van der Waals surface area contributed by atoms with Gasteiger partial charge in [-0.05, 0) is 36.4 Å². The number of benzene rings is 2. The Labute approximate surface area is 151 Å². The summed E-state index contributed by atoms with van der Waals surface area (Å²) in [4.78, 5) is 11.9. The molecule has 0 spiro atoms. The molecule has 0 atom stereocenters. The second kappa shape index (κ2) is 9.24. The Morgan fingerprint density at radius 3 is 2.48 bits per heavy atom. The van der Waals surface area contributed by atoms with E-state index in [0.717, 1.165) is 18.2 Å². The summed E-state index contributed by atoms with van der Waals surface area (Å²) in [5.41, 5.74) is 0.769. The number of hydrogen-bond donors (Lipinski definition) is 1. The molecule has 0 heterocycles. The average molecular weight is 380 g/mol. The third-order valence-corrected chi connectivity index (χ3v) is 3.10. The van der Waals surface area contributed by atoms with Gasteiger partial charge in [0.2, 0.25) is 5.91 Å². The van der Waals surface area contributed by atoms with E-state index in [0.29, 0.717) is 11.3 Å². The number of nitrogens with one attached hydrogen (secondary N) is 1. The Morgan fingerprint density at radius 2 is 1.81 bits per heavy atom. The Kier molecular flexibility index (Phi) is 6.77. The van der Waals surface area contributed by atoms with Crippen LogP contribution in [0.25, 0.3) is 6.08 Å². The SMILES string of the molecule is N#Cc1cccc(NC(=O)/C=C/c2ccc(OC(F)F)cc2OC(F)F)c1. The molecule has 9 heteroatoms. The Balaban J connectivity index is 2.16. The molecular weight excluding hydrogens is 368 g/mol. The molecule has 1 N–H and O–H groups in total. The van der Waals surface area contributed by atoms with Crippen molar-refractivity contribution in [2.24, 2.45) is 0 Å². The Hall–Kier alpha value is -3.54. The molecule has 0 aliphatic carbocycles. The van der Waals surface area contributed by atoms with E-state index in [2.05, 4.69) is 14.8 Å². The van der Waals surface area contributed by atoms with Gasteiger partial charge < -0.3 is 14.8 Å². The zero-order valence-corrected chi connectivity index (χ0v) is 13.5. The van der Waals surface area contributed by atoms with Crippen LogP contribution in [0.2, 0.25) is 0 Å². The van der Waals surface area contributed by atoms with Gasteiger partial charge in [-0.1, -0.05) is 6.07 Å². The van der Waals surface area contributed by atoms with Crippen LogP contribution >= 0.6 is 0 Å². The average Bonchev–Trinajstić information content (AvgIpc) is 2.60. The highest BCUT2D eigenvalue weighted by atomic mass is 19.3. The maximum atomic E-state index is 12.5. The van der Waals surface area contributed by atoms with E-state index in [1.165, 1.54) is 18.2 Å². The molecule has 27 heavy (non-hydrogen) atoms. The summed E-state index contributed by atoms with van der Waals surface area (Å²) in [6.45, 7) is -6.32. The van der Waals surface area contributed by atoms with Crippen LogP contribution < -0.4 is 14.8 Å². The molecule has 2 aromatic rings. The molecule has 1 amide bonds. The van der Waals surface area contributed by atoms with Gasteiger partial charge in [0.05, 0.1) is 11.6 Å². The van der Waals surface area contributed by atoms with E-state index in [1.807, 2.05) is 6.07 Å². The number of carbonyl (C=O) groups is 1. The maximum absolute atomic E-state index is 12.5. The van der Waals surface area contributed by atoms with Gasteiger partial charge in [-0.25, -0.2) is 0 Å². The molecule has 140 valence electrons. The summed E-state index contributed by atoms with van der Waals surface area (Å²) < 4.78 is 57.9. The van der Waals surface area contributed by atoms with Crippen LogP contribution in [0.5, 0.6) is 11.5 Å². The summed E-state index contributed by atoms with van der Waals surface area (Å²) in [6, 6.07) is 11.3. The van der Waals surface area contributed by atoms with Crippen molar-refractivity contribution in [3.8, 4) is 17.6 Å². The normalized spacial score (nSPS) is 10.9. The molecule has 0 aliphatic rings. The fourth-order valence-corrected chi connectivity index (χ4v) is 2.04. The molecular formula is C18H12F4N2O3. The van der Waals surface area contributed by atoms with Gasteiger partial charge in [0.1, 0.15) is 11.5 Å². The Bertz CT molecular complexity index is 879. The molecule has 0 saturated heterocycles. The van der Waals surface area contributed by atoms with Crippen molar-refractivity contribution < 1.29 is 31.8 Å². The van der Waals surface area contributed by atoms with Crippen molar-refractivity contribution in [3.63, 3.8) is 0 Å². The van der Waals surface area contributed by atoms with E-state index >= 15 is 0 Å². The quantitative estimate of drug-likeness (QED) is 0.570. The molecule has 2 rings (SSSR count). The number of nitriles is 1. The lowest BCUT2D eigenvalue weighted by Gasteiger charge is -2.11. The van der Waals surface area contributed by atoms with Crippen LogP contribution in [-0.2, 0) is 4.79 Å². The summed E-state index contributed by atoms with van der Waals surface area (Å²) in [7, 11) is 0. The van der Waals surface area contributed by atoms with Crippen molar-refractivity contribution in [2.75, 3.05) is 5.32 Å². The fraction of sp³-hybridized carbons (Fsp3) is 0.111. The molecule has 5 nitrogen and oxygen atoms in total. The predicted octanol–water partition coefficient (Wildman–Crippen LogP) is 4.41. The second-order valence-electron chi connectivity index (χ2n) is 4.97. The second-order valence-corrected chi connectivity index (χ2v) is 4.97. The van der Waals surface area contributed by atoms with Crippen molar-refractivity contribution in [2.45, 2.75) is 13.2 Å². The van der Waals surface area contributed by atoms with Crippen LogP contribution in [0.1, 0.15) is 11.1 Å². The topological polar surface area (TPSA) is 71.4 Å². The molecule has 0 bridgehead atoms. The highest BCUT2D eigenvalue weighted by molar-refractivity contribution is 6.02. The van der Waals surface area contributed by atoms with Gasteiger partial charge in [0.15, 0.2) is 0 Å². The minimum Gasteiger partial charge on any atom is -0.435 e. The van der Waals surface area contributed by atoms with Crippen molar-refractivity contribution in [3.05, 3.63) is 59.7 Å². The summed E-state index contributed by atoms with van der Waals surface area (Å²) in [5.74, 6) is -1.39. The van der Waals surface area contributed by atoms with E-state index in [1.54, 1.807) is 18.2 Å². The first-order valence-electron chi connectivity index (χ1n) is 7.40. The number of anilines is 1. The third kappa shape index (κ3) is 6.36. The molecule has 2 aromatic carbocycles. The van der Waals surface area contributed by atoms with Gasteiger partial charge in [-0.15, -0.1) is 0 Å². The van der Waals surface area contributed by atoms with Crippen molar-refractivity contribution >= 4 is 17.7 Å². The number of nitrogens with zero attached hydrogens (tertiary/aromatic N) is 1. The van der Waals surface area contributed by atoms with Crippen LogP contribution in [-0.4, -0.2) is 19.1 Å². The van der Waals surface area contributed by atoms with Gasteiger partial charge in [-0.3, -0.25) is 4.79 Å². The fourth-order valence-electron chi connectivity index (χ4n) is 2.04. The molecule has 0 unspecified atom stereocenters. The zero-order valence-electron chi connectivity index (χ0n) is 13.5. The van der Waals surface area contributed by atoms with Crippen LogP contribution in [0.4, 0.5) is 23.2 Å². The lowest BCUT2D eigenvalue weighted by atomic mass is 10.1. The number of amides is 1. The van der Waals surface area contributed by atoms with Gasteiger partial charge in [-0.2, -0.15) is 22.8 Å². The van der Waals surface area contributed by atoms with Gasteiger partial charge >= 0.3 is 13.2 Å². The van der Waals surface area contributed by atoms with Crippen LogP contribution in [0, 0.1) is 11.3 Å². The smallest absolute Gasteiger partial charge is 0.387 e. The summed E-state index contributed by atoms with van der Waals surface area (Å²) in [5, 5.41) is 11.3. The molecule has 0 radical (unpaired) electrons. The zero-order chi connectivity index (χ0) is 19.8. The number of carbonyl (C=O) groups excluding carboxylic acids is 1. The van der Waals surface area contributed by atoms with Crippen LogP contribution in [0.15, 0.2) is 48.5 Å². The maximum Gasteiger partial charge on any atom is 0.387 e. The first-order valence-corrected chi connectivity index (χ1v) is 7.40. The minimum absolute atomic E-state index is 0.0536. The third-order valence-electron chi connectivity index (χ3n) is 3.10. The standard InChI is InChI=1S/C18H12F4N2O3/c19-17(20)26-14-6-4-12(15(9-14)27-18(21)22)5-7-16(25)24-13-3-1-2-11(8-13)10-23/h1-9,17-18H,(H,24,25)/b7-5+. The molecule has 0 aliphatic heterocycles. The van der Waals surface area contributed by atoms with E-state index in [4.69, 9.17) is 5.26 Å². The first kappa shape index (κ1) is 19.8. The molecule has 0 aromatic heterocycles. The summed E-state index contributed by atoms with van der Waals surface area (Å²) in [6.07, 6.45) is 2.22. The van der Waals surface area contributed by atoms with E-state index in [-0.39, 0.29) is 11.3 Å². The van der Waals surface area contributed by atoms with Crippen molar-refractivity contribution in [1.82, 2.24) is 0 Å². The van der Waals surface area contributed by atoms with Crippen LogP contribution in [0.3, 0.4) is 0 Å². The molecule has 0 fully saturated rings.